The molecule has 0 bridgehead atoms. The number of imidazole rings is 1. The number of unbranched alkanes of at least 4 members (excludes halogenated alkanes) is 1. The number of benzene rings is 2. The van der Waals surface area contributed by atoms with Gasteiger partial charge < -0.3 is 10.1 Å². The Morgan fingerprint density at radius 2 is 1.82 bits per heavy atom. The number of hydrogen-bond acceptors (Lipinski definition) is 3. The van der Waals surface area contributed by atoms with Crippen molar-refractivity contribution in [3.05, 3.63) is 88.1 Å². The first-order valence-electron chi connectivity index (χ1n) is 9.62. The normalized spacial score (nSPS) is 11.2. The maximum atomic E-state index is 12.9. The number of aromatic nitrogens is 3. The molecule has 0 aliphatic carbocycles. The van der Waals surface area contributed by atoms with E-state index in [9.17, 15) is 9.90 Å². The SMILES string of the molecule is CCCCc1nc2c(Cc3ccccc3)[nH]c(-c3ccc(O)cc3)cn-2c1=O. The predicted molar refractivity (Wildman–Crippen MR) is 110 cm³/mol. The number of aromatic hydroxyl groups is 1. The van der Waals surface area contributed by atoms with E-state index in [-0.39, 0.29) is 11.3 Å². The van der Waals surface area contributed by atoms with Crippen molar-refractivity contribution in [2.75, 3.05) is 0 Å². The Morgan fingerprint density at radius 3 is 2.54 bits per heavy atom. The van der Waals surface area contributed by atoms with Gasteiger partial charge in [-0.25, -0.2) is 4.98 Å². The van der Waals surface area contributed by atoms with E-state index in [2.05, 4.69) is 29.0 Å². The topological polar surface area (TPSA) is 70.9 Å². The first-order valence-corrected chi connectivity index (χ1v) is 9.62. The molecule has 28 heavy (non-hydrogen) atoms. The van der Waals surface area contributed by atoms with Crippen LogP contribution in [-0.2, 0) is 12.8 Å². The van der Waals surface area contributed by atoms with Gasteiger partial charge in [0.2, 0.25) is 0 Å². The van der Waals surface area contributed by atoms with E-state index in [1.54, 1.807) is 22.9 Å². The van der Waals surface area contributed by atoms with Crippen molar-refractivity contribution in [2.24, 2.45) is 0 Å². The zero-order chi connectivity index (χ0) is 19.5. The fraction of sp³-hybridized carbons (Fsp3) is 0.217. The average molecular weight is 373 g/mol. The molecule has 2 aromatic rings. The Morgan fingerprint density at radius 1 is 1.07 bits per heavy atom. The highest BCUT2D eigenvalue weighted by atomic mass is 16.3. The van der Waals surface area contributed by atoms with E-state index in [1.807, 2.05) is 30.3 Å². The lowest BCUT2D eigenvalue weighted by Crippen LogP contribution is -2.17. The smallest absolute Gasteiger partial charge is 0.278 e. The molecular weight excluding hydrogens is 350 g/mol. The monoisotopic (exact) mass is 373 g/mol. The molecule has 0 unspecified atom stereocenters. The molecule has 0 saturated heterocycles. The largest absolute Gasteiger partial charge is 0.508 e. The highest BCUT2D eigenvalue weighted by Gasteiger charge is 2.19. The van der Waals surface area contributed by atoms with Crippen molar-refractivity contribution >= 4 is 0 Å². The molecule has 2 aliphatic heterocycles. The van der Waals surface area contributed by atoms with Gasteiger partial charge in [-0.05, 0) is 48.2 Å². The standard InChI is InChI=1S/C23H23N3O2/c1-2-3-9-19-23(28)26-15-21(17-10-12-18(27)13-11-17)24-20(22(26)25-19)14-16-7-5-4-6-8-16/h4-8,10-13,15,24,27H,2-3,9,14H2,1H3. The molecule has 5 heteroatoms. The van der Waals surface area contributed by atoms with E-state index >= 15 is 0 Å². The fourth-order valence-electron chi connectivity index (χ4n) is 3.40. The molecule has 142 valence electrons. The van der Waals surface area contributed by atoms with Gasteiger partial charge in [-0.2, -0.15) is 0 Å². The number of fused-ring (bicyclic) bond motifs is 1. The summed E-state index contributed by atoms with van der Waals surface area (Å²) in [5, 5.41) is 9.58. The van der Waals surface area contributed by atoms with E-state index in [4.69, 9.17) is 0 Å². The summed E-state index contributed by atoms with van der Waals surface area (Å²) >= 11 is 0. The van der Waals surface area contributed by atoms with Crippen LogP contribution in [0.15, 0.2) is 65.6 Å². The van der Waals surface area contributed by atoms with Gasteiger partial charge in [0, 0.05) is 12.6 Å². The van der Waals surface area contributed by atoms with Crippen LogP contribution in [0.1, 0.15) is 36.7 Å². The molecule has 5 nitrogen and oxygen atoms in total. The van der Waals surface area contributed by atoms with Crippen LogP contribution in [-0.4, -0.2) is 19.6 Å². The van der Waals surface area contributed by atoms with Crippen molar-refractivity contribution in [2.45, 2.75) is 32.6 Å². The zero-order valence-electron chi connectivity index (χ0n) is 15.9. The Balaban J connectivity index is 1.86. The highest BCUT2D eigenvalue weighted by Crippen LogP contribution is 2.24. The molecule has 0 amide bonds. The van der Waals surface area contributed by atoms with Crippen LogP contribution in [0, 0.1) is 0 Å². The van der Waals surface area contributed by atoms with Gasteiger partial charge in [0.1, 0.15) is 11.4 Å². The van der Waals surface area contributed by atoms with Crippen LogP contribution in [0.25, 0.3) is 17.1 Å². The third-order valence-electron chi connectivity index (χ3n) is 4.92. The summed E-state index contributed by atoms with van der Waals surface area (Å²) in [6.07, 6.45) is 5.12. The predicted octanol–water partition coefficient (Wildman–Crippen LogP) is 4.30. The number of hydrogen-bond donors (Lipinski definition) is 2. The van der Waals surface area contributed by atoms with Crippen molar-refractivity contribution in [1.29, 1.82) is 0 Å². The fourth-order valence-corrected chi connectivity index (χ4v) is 3.40. The second-order valence-electron chi connectivity index (χ2n) is 7.02. The van der Waals surface area contributed by atoms with Crippen LogP contribution in [0.2, 0.25) is 0 Å². The third-order valence-corrected chi connectivity index (χ3v) is 4.92. The van der Waals surface area contributed by atoms with Crippen LogP contribution in [0.5, 0.6) is 5.75 Å². The lowest BCUT2D eigenvalue weighted by atomic mass is 10.1. The number of aromatic amines is 1. The van der Waals surface area contributed by atoms with Crippen molar-refractivity contribution in [1.82, 2.24) is 14.5 Å². The second kappa shape index (κ2) is 7.72. The minimum atomic E-state index is -0.0493. The number of nitrogens with one attached hydrogen (secondary N) is 1. The third kappa shape index (κ3) is 3.56. The first-order chi connectivity index (χ1) is 13.7. The number of H-pyrrole nitrogens is 1. The summed E-state index contributed by atoms with van der Waals surface area (Å²) in [5.74, 6) is 0.894. The summed E-state index contributed by atoms with van der Waals surface area (Å²) in [6.45, 7) is 2.11. The van der Waals surface area contributed by atoms with Crippen molar-refractivity contribution < 1.29 is 5.11 Å². The molecule has 4 rings (SSSR count). The lowest BCUT2D eigenvalue weighted by molar-refractivity contribution is 0.475. The van der Waals surface area contributed by atoms with Gasteiger partial charge in [-0.1, -0.05) is 43.7 Å². The Kier molecular flexibility index (Phi) is 4.98. The molecule has 0 aromatic heterocycles. The molecule has 0 saturated carbocycles. The molecule has 0 atom stereocenters. The van der Waals surface area contributed by atoms with Crippen molar-refractivity contribution in [3.8, 4) is 22.8 Å². The van der Waals surface area contributed by atoms with Gasteiger partial charge in [-0.15, -0.1) is 0 Å². The molecule has 0 spiro atoms. The number of phenolic OH excluding ortho intramolecular Hbond substituents is 1. The van der Waals surface area contributed by atoms with Gasteiger partial charge in [0.15, 0.2) is 5.82 Å². The summed E-state index contributed by atoms with van der Waals surface area (Å²) in [4.78, 5) is 21.1. The molecule has 0 fully saturated rings. The number of rotatable bonds is 6. The van der Waals surface area contributed by atoms with Crippen LogP contribution in [0.3, 0.4) is 0 Å². The highest BCUT2D eigenvalue weighted by molar-refractivity contribution is 5.61. The van der Waals surface area contributed by atoms with E-state index in [0.717, 1.165) is 35.4 Å². The molecule has 0 radical (unpaired) electrons. The minimum absolute atomic E-state index is 0.0493. The van der Waals surface area contributed by atoms with Crippen LogP contribution < -0.4 is 5.56 Å². The lowest BCUT2D eigenvalue weighted by Gasteiger charge is -2.13. The maximum Gasteiger partial charge on any atom is 0.278 e. The van der Waals surface area contributed by atoms with Gasteiger partial charge in [0.05, 0.1) is 11.4 Å². The summed E-state index contributed by atoms with van der Waals surface area (Å²) in [6, 6.07) is 17.1. The minimum Gasteiger partial charge on any atom is -0.508 e. The molecule has 2 aliphatic rings. The Hall–Kier alpha value is -3.34. The van der Waals surface area contributed by atoms with E-state index in [1.165, 1.54) is 0 Å². The summed E-state index contributed by atoms with van der Waals surface area (Å²) in [5.41, 5.74) is 4.33. The van der Waals surface area contributed by atoms with Gasteiger partial charge >= 0.3 is 0 Å². The second-order valence-corrected chi connectivity index (χ2v) is 7.02. The molecule has 2 aromatic carbocycles. The van der Waals surface area contributed by atoms with Crippen molar-refractivity contribution in [3.63, 3.8) is 0 Å². The quantitative estimate of drug-likeness (QED) is 0.529. The van der Waals surface area contributed by atoms with Gasteiger partial charge in [0.25, 0.3) is 5.56 Å². The summed E-state index contributed by atoms with van der Waals surface area (Å²) < 4.78 is 1.65. The van der Waals surface area contributed by atoms with Gasteiger partial charge in [-0.3, -0.25) is 9.36 Å². The zero-order valence-corrected chi connectivity index (χ0v) is 15.9. The van der Waals surface area contributed by atoms with E-state index < -0.39 is 0 Å². The van der Waals surface area contributed by atoms with Crippen LogP contribution in [0.4, 0.5) is 0 Å². The molecule has 2 heterocycles. The average Bonchev–Trinajstić information content (AvgIpc) is 3.04. The maximum absolute atomic E-state index is 12.9. The van der Waals surface area contributed by atoms with Crippen LogP contribution >= 0.6 is 0 Å². The number of nitrogens with zero attached hydrogens (tertiary/aromatic N) is 2. The number of aryl methyl sites for hydroxylation is 1. The summed E-state index contributed by atoms with van der Waals surface area (Å²) in [7, 11) is 0. The Bertz CT molecular complexity index is 1100. The molecular formula is C23H23N3O2. The number of phenols is 1. The first kappa shape index (κ1) is 18.0. The molecule has 2 N–H and O–H groups in total. The Labute approximate surface area is 163 Å². The van der Waals surface area contributed by atoms with E-state index in [0.29, 0.717) is 24.4 Å².